The van der Waals surface area contributed by atoms with E-state index >= 15 is 0 Å². The summed E-state index contributed by atoms with van der Waals surface area (Å²) >= 11 is 0. The molecule has 1 fully saturated rings. The third-order valence-electron chi connectivity index (χ3n) is 7.35. The fourth-order valence-corrected chi connectivity index (χ4v) is 6.51. The van der Waals surface area contributed by atoms with Gasteiger partial charge in [-0.25, -0.2) is 13.4 Å². The quantitative estimate of drug-likeness (QED) is 0.311. The van der Waals surface area contributed by atoms with Gasteiger partial charge >= 0.3 is 0 Å². The molecule has 1 saturated carbocycles. The smallest absolute Gasteiger partial charge is 0.237 e. The molecule has 2 N–H and O–H groups in total. The summed E-state index contributed by atoms with van der Waals surface area (Å²) in [5.41, 5.74) is 4.23. The number of amides is 1. The lowest BCUT2D eigenvalue weighted by molar-refractivity contribution is -0.121. The number of benzene rings is 2. The van der Waals surface area contributed by atoms with Gasteiger partial charge in [-0.05, 0) is 68.0 Å². The minimum atomic E-state index is -3.45. The van der Waals surface area contributed by atoms with E-state index in [0.29, 0.717) is 60.9 Å². The Morgan fingerprint density at radius 1 is 1.00 bits per heavy atom. The molecule has 9 nitrogen and oxygen atoms in total. The van der Waals surface area contributed by atoms with Crippen molar-refractivity contribution in [3.8, 4) is 17.1 Å². The number of nitrogens with zero attached hydrogens (tertiary/aromatic N) is 3. The number of carbonyl (C=O) groups is 1. The molecule has 0 spiro atoms. The van der Waals surface area contributed by atoms with E-state index in [0.717, 1.165) is 16.7 Å². The van der Waals surface area contributed by atoms with Crippen LogP contribution in [0.3, 0.4) is 0 Å². The van der Waals surface area contributed by atoms with Crippen molar-refractivity contribution in [1.29, 1.82) is 0 Å². The van der Waals surface area contributed by atoms with Gasteiger partial charge in [0.05, 0.1) is 46.7 Å². The summed E-state index contributed by atoms with van der Waals surface area (Å²) in [6.07, 6.45) is 7.04. The van der Waals surface area contributed by atoms with Gasteiger partial charge in [-0.3, -0.25) is 19.5 Å². The van der Waals surface area contributed by atoms with Crippen molar-refractivity contribution < 1.29 is 17.9 Å². The number of ether oxygens (including phenoxy) is 1. The Balaban J connectivity index is 1.28. The Kier molecular flexibility index (Phi) is 6.71. The molecule has 2 aliphatic rings. The number of sulfonamides is 1. The van der Waals surface area contributed by atoms with E-state index < -0.39 is 15.4 Å². The largest absolute Gasteiger partial charge is 0.477 e. The molecule has 40 heavy (non-hydrogen) atoms. The Morgan fingerprint density at radius 3 is 2.40 bits per heavy atom. The van der Waals surface area contributed by atoms with E-state index in [1.807, 2.05) is 55.5 Å². The van der Waals surface area contributed by atoms with E-state index in [1.165, 1.54) is 0 Å². The summed E-state index contributed by atoms with van der Waals surface area (Å²) < 4.78 is 33.3. The third-order valence-corrected chi connectivity index (χ3v) is 9.22. The molecule has 0 saturated heterocycles. The number of nitrogens with one attached hydrogen (secondary N) is 2. The van der Waals surface area contributed by atoms with Gasteiger partial charge in [-0.15, -0.1) is 0 Å². The van der Waals surface area contributed by atoms with E-state index in [-0.39, 0.29) is 11.2 Å². The van der Waals surface area contributed by atoms with E-state index in [2.05, 4.69) is 25.0 Å². The van der Waals surface area contributed by atoms with Crippen LogP contribution in [0.15, 0.2) is 79.3 Å². The van der Waals surface area contributed by atoms with Gasteiger partial charge < -0.3 is 10.1 Å². The topological polar surface area (TPSA) is 123 Å². The Morgan fingerprint density at radius 2 is 1.73 bits per heavy atom. The van der Waals surface area contributed by atoms with Crippen molar-refractivity contribution in [3.05, 3.63) is 96.1 Å². The van der Waals surface area contributed by atoms with Crippen molar-refractivity contribution >= 4 is 27.3 Å². The molecular weight excluding hydrogens is 526 g/mol. The maximum atomic E-state index is 14.1. The van der Waals surface area contributed by atoms with Crippen LogP contribution in [-0.2, 0) is 33.1 Å². The zero-order valence-corrected chi connectivity index (χ0v) is 22.8. The molecular formula is C30H29N5O4S. The van der Waals surface area contributed by atoms with Gasteiger partial charge in [-0.1, -0.05) is 36.4 Å². The molecule has 4 aromatic rings. The summed E-state index contributed by atoms with van der Waals surface area (Å²) in [4.78, 5) is 27.3. The van der Waals surface area contributed by atoms with E-state index in [1.54, 1.807) is 30.7 Å². The van der Waals surface area contributed by atoms with Gasteiger partial charge in [0.2, 0.25) is 21.8 Å². The van der Waals surface area contributed by atoms with Crippen LogP contribution in [0.1, 0.15) is 36.6 Å². The summed E-state index contributed by atoms with van der Waals surface area (Å²) in [5.74, 6) is 0.249. The molecule has 1 amide bonds. The average molecular weight is 556 g/mol. The molecule has 2 aromatic heterocycles. The summed E-state index contributed by atoms with van der Waals surface area (Å²) in [6, 6.07) is 18.7. The molecule has 6 rings (SSSR count). The van der Waals surface area contributed by atoms with Crippen molar-refractivity contribution in [2.45, 2.75) is 43.3 Å². The van der Waals surface area contributed by atoms with Gasteiger partial charge in [0.15, 0.2) is 0 Å². The minimum absolute atomic E-state index is 0.204. The van der Waals surface area contributed by atoms with Crippen LogP contribution in [0.4, 0.5) is 11.4 Å². The number of anilines is 2. The zero-order valence-electron chi connectivity index (χ0n) is 22.0. The molecule has 0 atom stereocenters. The number of carbonyl (C=O) groups excluding carboxylic acids is 1. The van der Waals surface area contributed by atoms with Crippen LogP contribution in [0.25, 0.3) is 11.3 Å². The van der Waals surface area contributed by atoms with Crippen LogP contribution < -0.4 is 14.8 Å². The fourth-order valence-electron chi connectivity index (χ4n) is 5.13. The molecule has 204 valence electrons. The second-order valence-corrected chi connectivity index (χ2v) is 12.1. The number of rotatable bonds is 9. The highest BCUT2D eigenvalue weighted by Crippen LogP contribution is 2.41. The van der Waals surface area contributed by atoms with Crippen LogP contribution in [0.5, 0.6) is 5.88 Å². The number of fused-ring (bicyclic) bond motifs is 1. The second kappa shape index (κ2) is 10.3. The van der Waals surface area contributed by atoms with Crippen molar-refractivity contribution in [2.75, 3.05) is 16.6 Å². The molecule has 0 unspecified atom stereocenters. The number of hydrogen-bond donors (Lipinski definition) is 2. The van der Waals surface area contributed by atoms with Crippen LogP contribution in [0.2, 0.25) is 0 Å². The van der Waals surface area contributed by atoms with Crippen molar-refractivity contribution in [3.63, 3.8) is 0 Å². The highest BCUT2D eigenvalue weighted by atomic mass is 32.2. The standard InChI is InChI=1S/C30H29N5O4S/c1-2-39-28-19-31-18-26(34-28)20-7-9-23(10-8-20)33-29(36)30(16-21-5-3-4-6-22(21)17-30)27-15-24(13-14-32-27)35-40(37,38)25-11-12-25/h3-10,13-15,18-19,25H,2,11-12,16-17H2,1H3,(H,32,35)(H,33,36). The summed E-state index contributed by atoms with van der Waals surface area (Å²) in [7, 11) is -3.45. The van der Waals surface area contributed by atoms with E-state index in [4.69, 9.17) is 4.74 Å². The number of hydrogen-bond acceptors (Lipinski definition) is 7. The van der Waals surface area contributed by atoms with Gasteiger partial charge in [0.1, 0.15) is 0 Å². The highest BCUT2D eigenvalue weighted by Gasteiger charge is 2.47. The molecule has 10 heteroatoms. The minimum Gasteiger partial charge on any atom is -0.477 e. The molecule has 0 aliphatic heterocycles. The summed E-state index contributed by atoms with van der Waals surface area (Å²) in [5, 5.41) is 2.73. The Hall–Kier alpha value is -4.31. The Labute approximate surface area is 233 Å². The first-order valence-corrected chi connectivity index (χ1v) is 14.8. The van der Waals surface area contributed by atoms with Gasteiger partial charge in [0, 0.05) is 17.4 Å². The lowest BCUT2D eigenvalue weighted by Crippen LogP contribution is -2.42. The maximum absolute atomic E-state index is 14.1. The summed E-state index contributed by atoms with van der Waals surface area (Å²) in [6.45, 7) is 2.39. The molecule has 2 aromatic carbocycles. The van der Waals surface area contributed by atoms with Crippen molar-refractivity contribution in [1.82, 2.24) is 15.0 Å². The average Bonchev–Trinajstić information content (AvgIpc) is 3.75. The Bertz CT molecular complexity index is 1640. The monoisotopic (exact) mass is 555 g/mol. The highest BCUT2D eigenvalue weighted by molar-refractivity contribution is 7.93. The van der Waals surface area contributed by atoms with Gasteiger partial charge in [-0.2, -0.15) is 0 Å². The fraction of sp³-hybridized carbons (Fsp3) is 0.267. The van der Waals surface area contributed by atoms with Crippen molar-refractivity contribution in [2.24, 2.45) is 0 Å². The SMILES string of the molecule is CCOc1cncc(-c2ccc(NC(=O)C3(c4cc(NS(=O)(=O)C5CC5)ccn4)Cc4ccccc4C3)cc2)n1. The number of aromatic nitrogens is 3. The first-order chi connectivity index (χ1) is 19.4. The molecule has 0 radical (unpaired) electrons. The third kappa shape index (κ3) is 5.14. The van der Waals surface area contributed by atoms with Gasteiger partial charge in [0.25, 0.3) is 0 Å². The second-order valence-electron chi connectivity index (χ2n) is 10.2. The number of pyridine rings is 1. The first-order valence-electron chi connectivity index (χ1n) is 13.3. The molecule has 2 aliphatic carbocycles. The first kappa shape index (κ1) is 25.9. The lowest BCUT2D eigenvalue weighted by Gasteiger charge is -2.28. The molecule has 2 heterocycles. The maximum Gasteiger partial charge on any atom is 0.237 e. The zero-order chi connectivity index (χ0) is 27.7. The normalized spacial score (nSPS) is 15.7. The predicted octanol–water partition coefficient (Wildman–Crippen LogP) is 4.52. The molecule has 0 bridgehead atoms. The van der Waals surface area contributed by atoms with Crippen LogP contribution >= 0.6 is 0 Å². The van der Waals surface area contributed by atoms with Crippen LogP contribution in [0, 0.1) is 0 Å². The predicted molar refractivity (Wildman–Crippen MR) is 153 cm³/mol. The van der Waals surface area contributed by atoms with E-state index in [9.17, 15) is 13.2 Å². The lowest BCUT2D eigenvalue weighted by atomic mass is 9.79. The van der Waals surface area contributed by atoms with Crippen LogP contribution in [-0.4, -0.2) is 41.1 Å².